The Morgan fingerprint density at radius 1 is 1.47 bits per heavy atom. The van der Waals surface area contributed by atoms with E-state index in [-0.39, 0.29) is 30.7 Å². The van der Waals surface area contributed by atoms with Gasteiger partial charge in [-0.15, -0.1) is 24.8 Å². The molecule has 0 saturated heterocycles. The summed E-state index contributed by atoms with van der Waals surface area (Å²) in [6.45, 7) is 3.41. The number of pyridine rings is 1. The summed E-state index contributed by atoms with van der Waals surface area (Å²) in [6.07, 6.45) is 3.31. The van der Waals surface area contributed by atoms with Crippen molar-refractivity contribution < 1.29 is 4.79 Å². The molecule has 1 rings (SSSR count). The third kappa shape index (κ3) is 5.35. The van der Waals surface area contributed by atoms with Gasteiger partial charge in [-0.3, -0.25) is 9.78 Å². The van der Waals surface area contributed by atoms with Crippen LogP contribution in [0.15, 0.2) is 18.5 Å². The van der Waals surface area contributed by atoms with E-state index in [2.05, 4.69) is 10.3 Å². The maximum Gasteiger partial charge on any atom is 0.255 e. The molecule has 0 bridgehead atoms. The van der Waals surface area contributed by atoms with Gasteiger partial charge in [0.05, 0.1) is 5.56 Å². The highest BCUT2D eigenvalue weighted by Crippen LogP contribution is 2.07. The Morgan fingerprint density at radius 2 is 2.12 bits per heavy atom. The maximum absolute atomic E-state index is 11.9. The molecule has 0 aromatic carbocycles. The van der Waals surface area contributed by atoms with Gasteiger partial charge in [-0.1, -0.05) is 0 Å². The predicted molar refractivity (Wildman–Crippen MR) is 74.4 cm³/mol. The second-order valence-electron chi connectivity index (χ2n) is 3.52. The molecule has 0 radical (unpaired) electrons. The number of hydrogen-bond donors (Lipinski definition) is 1. The zero-order chi connectivity index (χ0) is 11.3. The molecule has 0 atom stereocenters. The third-order valence-corrected chi connectivity index (χ3v) is 2.31. The van der Waals surface area contributed by atoms with Crippen LogP contribution < -0.4 is 5.32 Å². The van der Waals surface area contributed by atoms with Crippen molar-refractivity contribution in [3.63, 3.8) is 0 Å². The lowest BCUT2D eigenvalue weighted by molar-refractivity contribution is 0.0795. The smallest absolute Gasteiger partial charge is 0.255 e. The molecule has 1 N–H and O–H groups in total. The second-order valence-corrected chi connectivity index (χ2v) is 3.52. The lowest BCUT2D eigenvalue weighted by Crippen LogP contribution is -2.33. The summed E-state index contributed by atoms with van der Waals surface area (Å²) in [5, 5.41) is 3.01. The van der Waals surface area contributed by atoms with Crippen LogP contribution in [0.3, 0.4) is 0 Å². The molecule has 1 amide bonds. The normalized spacial score (nSPS) is 8.88. The zero-order valence-corrected chi connectivity index (χ0v) is 11.9. The Hall–Kier alpha value is -0.840. The standard InChI is InChI=1S/C11H17N3O.2ClH/c1-9-4-5-13-8-10(9)11(15)14(3)7-6-12-2;;/h4-5,8,12H,6-7H2,1-3H3;2*1H. The van der Waals surface area contributed by atoms with E-state index in [0.29, 0.717) is 12.1 Å². The first kappa shape index (κ1) is 18.5. The van der Waals surface area contributed by atoms with Gasteiger partial charge in [0.25, 0.3) is 5.91 Å². The summed E-state index contributed by atoms with van der Waals surface area (Å²) in [5.41, 5.74) is 1.64. The van der Waals surface area contributed by atoms with Gasteiger partial charge in [-0.05, 0) is 25.6 Å². The van der Waals surface area contributed by atoms with Crippen molar-refractivity contribution in [3.05, 3.63) is 29.6 Å². The van der Waals surface area contributed by atoms with Crippen LogP contribution in [-0.4, -0.2) is 43.0 Å². The first-order chi connectivity index (χ1) is 7.16. The first-order valence-corrected chi connectivity index (χ1v) is 4.97. The number of nitrogens with zero attached hydrogens (tertiary/aromatic N) is 2. The van der Waals surface area contributed by atoms with Crippen molar-refractivity contribution in [1.29, 1.82) is 0 Å². The summed E-state index contributed by atoms with van der Waals surface area (Å²) >= 11 is 0. The monoisotopic (exact) mass is 279 g/mol. The number of halogens is 2. The van der Waals surface area contributed by atoms with Gasteiger partial charge in [-0.25, -0.2) is 0 Å². The van der Waals surface area contributed by atoms with Gasteiger partial charge in [0.1, 0.15) is 0 Å². The fourth-order valence-corrected chi connectivity index (χ4v) is 1.27. The molecular weight excluding hydrogens is 261 g/mol. The Bertz CT molecular complexity index is 347. The van der Waals surface area contributed by atoms with Crippen LogP contribution in [0, 0.1) is 6.92 Å². The lowest BCUT2D eigenvalue weighted by atomic mass is 10.1. The molecule has 98 valence electrons. The molecule has 0 spiro atoms. The van der Waals surface area contributed by atoms with Gasteiger partial charge in [0, 0.05) is 32.5 Å². The summed E-state index contributed by atoms with van der Waals surface area (Å²) in [4.78, 5) is 17.6. The number of rotatable bonds is 4. The highest BCUT2D eigenvalue weighted by molar-refractivity contribution is 5.95. The fourth-order valence-electron chi connectivity index (χ4n) is 1.27. The van der Waals surface area contributed by atoms with E-state index >= 15 is 0 Å². The van der Waals surface area contributed by atoms with E-state index in [1.54, 1.807) is 24.3 Å². The van der Waals surface area contributed by atoms with Crippen LogP contribution in [0.2, 0.25) is 0 Å². The Kier molecular flexibility index (Phi) is 10.0. The number of likely N-dealkylation sites (N-methyl/N-ethyl adjacent to an activating group) is 2. The van der Waals surface area contributed by atoms with Crippen molar-refractivity contribution >= 4 is 30.7 Å². The largest absolute Gasteiger partial charge is 0.340 e. The molecule has 1 heterocycles. The quantitative estimate of drug-likeness (QED) is 0.909. The van der Waals surface area contributed by atoms with E-state index < -0.39 is 0 Å². The van der Waals surface area contributed by atoms with E-state index in [0.717, 1.165) is 12.1 Å². The molecule has 6 heteroatoms. The Morgan fingerprint density at radius 3 is 2.65 bits per heavy atom. The van der Waals surface area contributed by atoms with Gasteiger partial charge in [0.2, 0.25) is 0 Å². The molecule has 0 fully saturated rings. The molecule has 1 aromatic rings. The van der Waals surface area contributed by atoms with Gasteiger partial charge >= 0.3 is 0 Å². The van der Waals surface area contributed by atoms with Crippen LogP contribution in [0.5, 0.6) is 0 Å². The van der Waals surface area contributed by atoms with E-state index in [1.165, 1.54) is 0 Å². The van der Waals surface area contributed by atoms with E-state index in [4.69, 9.17) is 0 Å². The molecule has 0 unspecified atom stereocenters. The third-order valence-electron chi connectivity index (χ3n) is 2.31. The number of hydrogen-bond acceptors (Lipinski definition) is 3. The van der Waals surface area contributed by atoms with Gasteiger partial charge < -0.3 is 10.2 Å². The topological polar surface area (TPSA) is 45.2 Å². The number of aromatic nitrogens is 1. The number of amides is 1. The summed E-state index contributed by atoms with van der Waals surface area (Å²) in [6, 6.07) is 1.85. The minimum Gasteiger partial charge on any atom is -0.340 e. The van der Waals surface area contributed by atoms with Crippen LogP contribution in [0.4, 0.5) is 0 Å². The summed E-state index contributed by atoms with van der Waals surface area (Å²) < 4.78 is 0. The molecule has 0 aliphatic heterocycles. The number of nitrogens with one attached hydrogen (secondary N) is 1. The Labute approximate surface area is 115 Å². The van der Waals surface area contributed by atoms with Crippen LogP contribution in [0.25, 0.3) is 0 Å². The van der Waals surface area contributed by atoms with Crippen molar-refractivity contribution in [2.75, 3.05) is 27.2 Å². The maximum atomic E-state index is 11.9. The number of carbonyl (C=O) groups excluding carboxylic acids is 1. The minimum absolute atomic E-state index is 0. The van der Waals surface area contributed by atoms with Gasteiger partial charge in [0.15, 0.2) is 0 Å². The molecule has 4 nitrogen and oxygen atoms in total. The van der Waals surface area contributed by atoms with Crippen molar-refractivity contribution in [3.8, 4) is 0 Å². The lowest BCUT2D eigenvalue weighted by Gasteiger charge is -2.17. The highest BCUT2D eigenvalue weighted by Gasteiger charge is 2.13. The van der Waals surface area contributed by atoms with Crippen LogP contribution in [0.1, 0.15) is 15.9 Å². The molecule has 17 heavy (non-hydrogen) atoms. The van der Waals surface area contributed by atoms with Crippen molar-refractivity contribution in [2.45, 2.75) is 6.92 Å². The molecule has 0 aliphatic rings. The van der Waals surface area contributed by atoms with Crippen molar-refractivity contribution in [1.82, 2.24) is 15.2 Å². The van der Waals surface area contributed by atoms with E-state index in [9.17, 15) is 4.79 Å². The average Bonchev–Trinajstić information content (AvgIpc) is 2.25. The SMILES string of the molecule is CNCCN(C)C(=O)c1cnccc1C.Cl.Cl. The van der Waals surface area contributed by atoms with Crippen LogP contribution in [-0.2, 0) is 0 Å². The second kappa shape index (κ2) is 9.22. The fraction of sp³-hybridized carbons (Fsp3) is 0.455. The molecule has 0 aliphatic carbocycles. The van der Waals surface area contributed by atoms with E-state index in [1.807, 2.05) is 20.0 Å². The van der Waals surface area contributed by atoms with Crippen molar-refractivity contribution in [2.24, 2.45) is 0 Å². The summed E-state index contributed by atoms with van der Waals surface area (Å²) in [5.74, 6) is 0.0239. The first-order valence-electron chi connectivity index (χ1n) is 4.97. The Balaban J connectivity index is 0. The van der Waals surface area contributed by atoms with Crippen LogP contribution >= 0.6 is 24.8 Å². The number of carbonyl (C=O) groups is 1. The molecule has 0 saturated carbocycles. The molecule has 1 aromatic heterocycles. The molecular formula is C11H19Cl2N3O. The highest BCUT2D eigenvalue weighted by atomic mass is 35.5. The minimum atomic E-state index is 0. The van der Waals surface area contributed by atoms with Gasteiger partial charge in [-0.2, -0.15) is 0 Å². The summed E-state index contributed by atoms with van der Waals surface area (Å²) in [7, 11) is 3.67. The predicted octanol–water partition coefficient (Wildman–Crippen LogP) is 1.53. The zero-order valence-electron chi connectivity index (χ0n) is 10.3. The average molecular weight is 280 g/mol. The number of aryl methyl sites for hydroxylation is 1.